The molecular formula is C13H11FN2OS. The summed E-state index contributed by atoms with van der Waals surface area (Å²) in [4.78, 5) is 16.5. The first kappa shape index (κ1) is 12.6. The number of benzene rings is 1. The summed E-state index contributed by atoms with van der Waals surface area (Å²) < 4.78 is 13.3. The number of rotatable bonds is 3. The molecule has 3 nitrogen and oxygen atoms in total. The number of hydrogen-bond acceptors (Lipinski definition) is 3. The van der Waals surface area contributed by atoms with Crippen LogP contribution in [0.1, 0.15) is 10.4 Å². The van der Waals surface area contributed by atoms with Gasteiger partial charge in [-0.1, -0.05) is 0 Å². The third-order valence-corrected chi connectivity index (χ3v) is 3.11. The molecule has 1 N–H and O–H groups in total. The number of halogens is 1. The molecule has 0 aliphatic carbocycles. The molecule has 92 valence electrons. The largest absolute Gasteiger partial charge is 0.322 e. The van der Waals surface area contributed by atoms with E-state index in [1.807, 2.05) is 18.4 Å². The van der Waals surface area contributed by atoms with Crippen LogP contribution in [-0.2, 0) is 0 Å². The predicted octanol–water partition coefficient (Wildman–Crippen LogP) is 3.19. The van der Waals surface area contributed by atoms with Crippen molar-refractivity contribution in [3.63, 3.8) is 0 Å². The fourth-order valence-corrected chi connectivity index (χ4v) is 1.84. The molecule has 0 saturated carbocycles. The molecular weight excluding hydrogens is 251 g/mol. The first-order valence-corrected chi connectivity index (χ1v) is 6.48. The van der Waals surface area contributed by atoms with Crippen molar-refractivity contribution in [2.75, 3.05) is 11.6 Å². The Morgan fingerprint density at radius 2 is 2.00 bits per heavy atom. The van der Waals surface area contributed by atoms with E-state index in [9.17, 15) is 9.18 Å². The van der Waals surface area contributed by atoms with Gasteiger partial charge in [0.1, 0.15) is 0 Å². The lowest BCUT2D eigenvalue weighted by Gasteiger charge is -2.06. The van der Waals surface area contributed by atoms with Crippen LogP contribution in [0.4, 0.5) is 10.1 Å². The van der Waals surface area contributed by atoms with Crippen molar-refractivity contribution in [2.45, 2.75) is 4.90 Å². The third kappa shape index (κ3) is 2.87. The molecule has 0 aliphatic heterocycles. The summed E-state index contributed by atoms with van der Waals surface area (Å²) >= 11 is 1.61. The minimum absolute atomic E-state index is 0.0149. The number of pyridine rings is 1. The van der Waals surface area contributed by atoms with Gasteiger partial charge in [0.2, 0.25) is 0 Å². The lowest BCUT2D eigenvalue weighted by atomic mass is 10.2. The van der Waals surface area contributed by atoms with Gasteiger partial charge >= 0.3 is 0 Å². The number of nitrogens with zero attached hydrogens (tertiary/aromatic N) is 1. The maximum atomic E-state index is 13.3. The lowest BCUT2D eigenvalue weighted by Crippen LogP contribution is -2.13. The van der Waals surface area contributed by atoms with E-state index in [0.717, 1.165) is 11.1 Å². The average Bonchev–Trinajstić information content (AvgIpc) is 2.40. The second-order valence-electron chi connectivity index (χ2n) is 3.54. The monoisotopic (exact) mass is 262 g/mol. The standard InChI is InChI=1S/C13H11FN2OS/c1-18-10-4-2-9(3-5-10)16-13(17)11-6-7-15-8-12(11)14/h2-8H,1H3,(H,16,17). The minimum Gasteiger partial charge on any atom is -0.322 e. The van der Waals surface area contributed by atoms with Crippen molar-refractivity contribution in [2.24, 2.45) is 0 Å². The smallest absolute Gasteiger partial charge is 0.258 e. The number of amides is 1. The van der Waals surface area contributed by atoms with Gasteiger partial charge in [0.25, 0.3) is 5.91 Å². The van der Waals surface area contributed by atoms with E-state index in [1.165, 1.54) is 12.3 Å². The number of aromatic nitrogens is 1. The molecule has 0 unspecified atom stereocenters. The quantitative estimate of drug-likeness (QED) is 0.864. The molecule has 0 fully saturated rings. The van der Waals surface area contributed by atoms with Crippen molar-refractivity contribution < 1.29 is 9.18 Å². The maximum absolute atomic E-state index is 13.3. The van der Waals surface area contributed by atoms with Gasteiger partial charge in [-0.2, -0.15) is 0 Å². The number of anilines is 1. The number of carbonyl (C=O) groups is 1. The van der Waals surface area contributed by atoms with Crippen molar-refractivity contribution in [1.29, 1.82) is 0 Å². The van der Waals surface area contributed by atoms with E-state index in [-0.39, 0.29) is 5.56 Å². The van der Waals surface area contributed by atoms with E-state index in [1.54, 1.807) is 23.9 Å². The van der Waals surface area contributed by atoms with Crippen molar-refractivity contribution in [3.05, 3.63) is 54.1 Å². The van der Waals surface area contributed by atoms with Crippen LogP contribution in [0.3, 0.4) is 0 Å². The van der Waals surface area contributed by atoms with Gasteiger partial charge in [-0.3, -0.25) is 9.78 Å². The second kappa shape index (κ2) is 5.64. The van der Waals surface area contributed by atoms with Gasteiger partial charge in [-0.25, -0.2) is 4.39 Å². The summed E-state index contributed by atoms with van der Waals surface area (Å²) in [7, 11) is 0. The molecule has 18 heavy (non-hydrogen) atoms. The van der Waals surface area contributed by atoms with Crippen molar-refractivity contribution >= 4 is 23.4 Å². The van der Waals surface area contributed by atoms with Gasteiger partial charge < -0.3 is 5.32 Å². The van der Waals surface area contributed by atoms with E-state index in [4.69, 9.17) is 0 Å². The summed E-state index contributed by atoms with van der Waals surface area (Å²) in [6, 6.07) is 8.69. The highest BCUT2D eigenvalue weighted by molar-refractivity contribution is 7.98. The van der Waals surface area contributed by atoms with Crippen molar-refractivity contribution in [3.8, 4) is 0 Å². The second-order valence-corrected chi connectivity index (χ2v) is 4.42. The van der Waals surface area contributed by atoms with Crippen molar-refractivity contribution in [1.82, 2.24) is 4.98 Å². The molecule has 1 aromatic heterocycles. The molecule has 0 atom stereocenters. The summed E-state index contributed by atoms with van der Waals surface area (Å²) in [5, 5.41) is 2.63. The Hall–Kier alpha value is -1.88. The molecule has 0 saturated heterocycles. The zero-order valence-corrected chi connectivity index (χ0v) is 10.5. The van der Waals surface area contributed by atoms with E-state index < -0.39 is 11.7 Å². The van der Waals surface area contributed by atoms with Crippen LogP contribution >= 0.6 is 11.8 Å². The maximum Gasteiger partial charge on any atom is 0.258 e. The molecule has 2 aromatic rings. The summed E-state index contributed by atoms with van der Waals surface area (Å²) in [5.74, 6) is -1.11. The number of hydrogen-bond donors (Lipinski definition) is 1. The molecule has 0 radical (unpaired) electrons. The normalized spacial score (nSPS) is 10.1. The highest BCUT2D eigenvalue weighted by atomic mass is 32.2. The summed E-state index contributed by atoms with van der Waals surface area (Å²) in [6.07, 6.45) is 4.38. The molecule has 0 spiro atoms. The number of carbonyl (C=O) groups excluding carboxylic acids is 1. The van der Waals surface area contributed by atoms with Crippen LogP contribution in [-0.4, -0.2) is 17.1 Å². The Morgan fingerprint density at radius 1 is 1.28 bits per heavy atom. The number of thioether (sulfide) groups is 1. The van der Waals surface area contributed by atoms with E-state index in [2.05, 4.69) is 10.3 Å². The van der Waals surface area contributed by atoms with Crippen LogP contribution in [0.15, 0.2) is 47.6 Å². The molecule has 1 amide bonds. The molecule has 0 aliphatic rings. The highest BCUT2D eigenvalue weighted by Crippen LogP contribution is 2.18. The summed E-state index contributed by atoms with van der Waals surface area (Å²) in [5.41, 5.74) is 0.618. The van der Waals surface area contributed by atoms with Gasteiger partial charge in [0.05, 0.1) is 11.8 Å². The van der Waals surface area contributed by atoms with Crippen LogP contribution in [0.5, 0.6) is 0 Å². The fourth-order valence-electron chi connectivity index (χ4n) is 1.43. The summed E-state index contributed by atoms with van der Waals surface area (Å²) in [6.45, 7) is 0. The van der Waals surface area contributed by atoms with E-state index in [0.29, 0.717) is 5.69 Å². The van der Waals surface area contributed by atoms with Gasteiger partial charge in [0.15, 0.2) is 5.82 Å². The molecule has 0 bridgehead atoms. The number of nitrogens with one attached hydrogen (secondary N) is 1. The van der Waals surface area contributed by atoms with Crippen LogP contribution in [0, 0.1) is 5.82 Å². The van der Waals surface area contributed by atoms with Gasteiger partial charge in [-0.05, 0) is 36.6 Å². The first-order valence-electron chi connectivity index (χ1n) is 5.25. The lowest BCUT2D eigenvalue weighted by molar-refractivity contribution is 0.102. The SMILES string of the molecule is CSc1ccc(NC(=O)c2ccncc2F)cc1. The topological polar surface area (TPSA) is 42.0 Å². The first-order chi connectivity index (χ1) is 8.70. The van der Waals surface area contributed by atoms with Gasteiger partial charge in [-0.15, -0.1) is 11.8 Å². The Morgan fingerprint density at radius 3 is 2.61 bits per heavy atom. The zero-order valence-electron chi connectivity index (χ0n) is 9.68. The van der Waals surface area contributed by atoms with Gasteiger partial charge in [0, 0.05) is 16.8 Å². The molecule has 1 heterocycles. The predicted molar refractivity (Wildman–Crippen MR) is 70.4 cm³/mol. The Labute approximate surface area is 108 Å². The van der Waals surface area contributed by atoms with Crippen LogP contribution in [0.2, 0.25) is 0 Å². The zero-order chi connectivity index (χ0) is 13.0. The van der Waals surface area contributed by atoms with Crippen LogP contribution in [0.25, 0.3) is 0 Å². The molecule has 2 rings (SSSR count). The Kier molecular flexibility index (Phi) is 3.94. The third-order valence-electron chi connectivity index (χ3n) is 2.36. The average molecular weight is 262 g/mol. The van der Waals surface area contributed by atoms with Crippen LogP contribution < -0.4 is 5.32 Å². The Bertz CT molecular complexity index is 557. The minimum atomic E-state index is -0.629. The van der Waals surface area contributed by atoms with E-state index >= 15 is 0 Å². The Balaban J connectivity index is 2.14. The molecule has 1 aromatic carbocycles. The fraction of sp³-hybridized carbons (Fsp3) is 0.0769. The highest BCUT2D eigenvalue weighted by Gasteiger charge is 2.11. The molecule has 5 heteroatoms.